The molecule has 100 valence electrons. The van der Waals surface area contributed by atoms with Gasteiger partial charge in [-0.15, -0.1) is 0 Å². The molecule has 0 saturated carbocycles. The minimum Gasteiger partial charge on any atom is -0.388 e. The highest BCUT2D eigenvalue weighted by Crippen LogP contribution is 2.11. The van der Waals surface area contributed by atoms with Crippen molar-refractivity contribution in [3.63, 3.8) is 0 Å². The van der Waals surface area contributed by atoms with Gasteiger partial charge in [0.2, 0.25) is 0 Å². The van der Waals surface area contributed by atoms with Crippen LogP contribution in [0.25, 0.3) is 0 Å². The Morgan fingerprint density at radius 1 is 1.39 bits per heavy atom. The maximum absolute atomic E-state index is 11.6. The molecule has 3 N–H and O–H groups in total. The number of urea groups is 1. The summed E-state index contributed by atoms with van der Waals surface area (Å²) in [5, 5.41) is 15.2. The highest BCUT2D eigenvalue weighted by atomic mass is 16.3. The lowest BCUT2D eigenvalue weighted by atomic mass is 10.0. The number of anilines is 1. The second kappa shape index (κ2) is 6.40. The molecule has 1 aromatic rings. The van der Waals surface area contributed by atoms with Gasteiger partial charge in [0.25, 0.3) is 0 Å². The molecular formula is C14H22N2O2. The molecule has 18 heavy (non-hydrogen) atoms. The van der Waals surface area contributed by atoms with Crippen molar-refractivity contribution in [3.8, 4) is 0 Å². The lowest BCUT2D eigenvalue weighted by Crippen LogP contribution is -2.41. The van der Waals surface area contributed by atoms with Crippen LogP contribution in [0.2, 0.25) is 0 Å². The zero-order valence-corrected chi connectivity index (χ0v) is 11.3. The van der Waals surface area contributed by atoms with Crippen molar-refractivity contribution in [2.45, 2.75) is 39.2 Å². The largest absolute Gasteiger partial charge is 0.388 e. The second-order valence-electron chi connectivity index (χ2n) is 4.71. The molecule has 1 rings (SSSR count). The molecule has 1 atom stereocenters. The van der Waals surface area contributed by atoms with E-state index in [9.17, 15) is 9.90 Å². The molecule has 0 aromatic heterocycles. The van der Waals surface area contributed by atoms with Gasteiger partial charge in [0.05, 0.1) is 5.60 Å². The lowest BCUT2D eigenvalue weighted by molar-refractivity contribution is 0.0587. The molecule has 0 aliphatic heterocycles. The summed E-state index contributed by atoms with van der Waals surface area (Å²) in [6, 6.07) is 7.42. The third-order valence-corrected chi connectivity index (χ3v) is 2.98. The number of nitrogens with one attached hydrogen (secondary N) is 2. The van der Waals surface area contributed by atoms with E-state index in [1.165, 1.54) is 5.56 Å². The maximum Gasteiger partial charge on any atom is 0.319 e. The molecule has 4 heteroatoms. The van der Waals surface area contributed by atoms with E-state index in [1.807, 2.05) is 31.2 Å². The summed E-state index contributed by atoms with van der Waals surface area (Å²) in [5.41, 5.74) is 1.08. The van der Waals surface area contributed by atoms with E-state index in [1.54, 1.807) is 6.92 Å². The summed E-state index contributed by atoms with van der Waals surface area (Å²) in [7, 11) is 0. The topological polar surface area (TPSA) is 61.4 Å². The summed E-state index contributed by atoms with van der Waals surface area (Å²) in [6.07, 6.45) is 1.53. The third kappa shape index (κ3) is 4.75. The van der Waals surface area contributed by atoms with Crippen LogP contribution in [0.1, 0.15) is 32.8 Å². The summed E-state index contributed by atoms with van der Waals surface area (Å²) in [5.74, 6) is 0. The number of carbonyl (C=O) groups is 1. The summed E-state index contributed by atoms with van der Waals surface area (Å²) in [6.45, 7) is 5.88. The number of rotatable bonds is 5. The van der Waals surface area contributed by atoms with Gasteiger partial charge in [-0.05, 0) is 37.5 Å². The fourth-order valence-corrected chi connectivity index (χ4v) is 1.44. The van der Waals surface area contributed by atoms with Gasteiger partial charge >= 0.3 is 6.03 Å². The Bertz CT molecular complexity index is 403. The minimum absolute atomic E-state index is 0.239. The molecule has 0 fully saturated rings. The van der Waals surface area contributed by atoms with Crippen molar-refractivity contribution < 1.29 is 9.90 Å². The Kier molecular flexibility index (Phi) is 5.16. The molecule has 1 aromatic carbocycles. The van der Waals surface area contributed by atoms with E-state index >= 15 is 0 Å². The van der Waals surface area contributed by atoms with Crippen LogP contribution in [-0.4, -0.2) is 23.3 Å². The van der Waals surface area contributed by atoms with Gasteiger partial charge in [0.15, 0.2) is 0 Å². The van der Waals surface area contributed by atoms with Crippen LogP contribution >= 0.6 is 0 Å². The Balaban J connectivity index is 2.49. The number of hydrogen-bond acceptors (Lipinski definition) is 2. The quantitative estimate of drug-likeness (QED) is 0.752. The first-order valence-electron chi connectivity index (χ1n) is 6.33. The maximum atomic E-state index is 11.6. The highest BCUT2D eigenvalue weighted by Gasteiger charge is 2.18. The second-order valence-corrected chi connectivity index (χ2v) is 4.71. The van der Waals surface area contributed by atoms with Gasteiger partial charge in [-0.2, -0.15) is 0 Å². The van der Waals surface area contributed by atoms with Crippen molar-refractivity contribution in [2.24, 2.45) is 0 Å². The van der Waals surface area contributed by atoms with Crippen molar-refractivity contribution in [3.05, 3.63) is 29.8 Å². The fraction of sp³-hybridized carbons (Fsp3) is 0.500. The predicted molar refractivity (Wildman–Crippen MR) is 73.8 cm³/mol. The van der Waals surface area contributed by atoms with Crippen LogP contribution in [0.5, 0.6) is 0 Å². The first-order valence-corrected chi connectivity index (χ1v) is 6.33. The van der Waals surface area contributed by atoms with E-state index in [-0.39, 0.29) is 12.6 Å². The van der Waals surface area contributed by atoms with Crippen LogP contribution in [0.15, 0.2) is 24.3 Å². The van der Waals surface area contributed by atoms with Gasteiger partial charge < -0.3 is 15.7 Å². The molecule has 0 aliphatic carbocycles. The molecule has 0 radical (unpaired) electrons. The first kappa shape index (κ1) is 14.5. The van der Waals surface area contributed by atoms with E-state index in [0.29, 0.717) is 6.42 Å². The first-order chi connectivity index (χ1) is 8.46. The zero-order chi connectivity index (χ0) is 13.6. The standard InChI is InChI=1S/C14H22N2O2/c1-4-11-7-6-8-12(9-11)16-13(17)15-10-14(3,18)5-2/h6-9,18H,4-5,10H2,1-3H3,(H2,15,16,17). The van der Waals surface area contributed by atoms with Crippen molar-refractivity contribution in [2.75, 3.05) is 11.9 Å². The van der Waals surface area contributed by atoms with Crippen LogP contribution in [0.3, 0.4) is 0 Å². The molecule has 2 amide bonds. The Hall–Kier alpha value is -1.55. The Labute approximate surface area is 108 Å². The smallest absolute Gasteiger partial charge is 0.319 e. The highest BCUT2D eigenvalue weighted by molar-refractivity contribution is 5.89. The van der Waals surface area contributed by atoms with Gasteiger partial charge in [-0.1, -0.05) is 26.0 Å². The Morgan fingerprint density at radius 3 is 2.72 bits per heavy atom. The summed E-state index contributed by atoms with van der Waals surface area (Å²) >= 11 is 0. The minimum atomic E-state index is -0.859. The van der Waals surface area contributed by atoms with Crippen molar-refractivity contribution in [1.29, 1.82) is 0 Å². The molecular weight excluding hydrogens is 228 g/mol. The SMILES string of the molecule is CCc1cccc(NC(=O)NCC(C)(O)CC)c1. The summed E-state index contributed by atoms with van der Waals surface area (Å²) in [4.78, 5) is 11.6. The number of aliphatic hydroxyl groups is 1. The third-order valence-electron chi connectivity index (χ3n) is 2.98. The average molecular weight is 250 g/mol. The van der Waals surface area contributed by atoms with Crippen molar-refractivity contribution >= 4 is 11.7 Å². The number of benzene rings is 1. The molecule has 0 spiro atoms. The van der Waals surface area contributed by atoms with Gasteiger partial charge in [0, 0.05) is 12.2 Å². The van der Waals surface area contributed by atoms with E-state index in [0.717, 1.165) is 12.1 Å². The van der Waals surface area contributed by atoms with E-state index < -0.39 is 5.60 Å². The van der Waals surface area contributed by atoms with E-state index in [2.05, 4.69) is 17.6 Å². The zero-order valence-electron chi connectivity index (χ0n) is 11.3. The normalized spacial score (nSPS) is 13.8. The number of aryl methyl sites for hydroxylation is 1. The van der Waals surface area contributed by atoms with Gasteiger partial charge in [-0.3, -0.25) is 0 Å². The Morgan fingerprint density at radius 2 is 2.11 bits per heavy atom. The molecule has 1 unspecified atom stereocenters. The number of amides is 2. The van der Waals surface area contributed by atoms with Crippen LogP contribution in [-0.2, 0) is 6.42 Å². The molecule has 0 saturated heterocycles. The van der Waals surface area contributed by atoms with Crippen LogP contribution < -0.4 is 10.6 Å². The van der Waals surface area contributed by atoms with Crippen LogP contribution in [0.4, 0.5) is 10.5 Å². The number of hydrogen-bond donors (Lipinski definition) is 3. The number of carbonyl (C=O) groups excluding carboxylic acids is 1. The predicted octanol–water partition coefficient (Wildman–Crippen LogP) is 2.53. The average Bonchev–Trinajstić information content (AvgIpc) is 2.37. The van der Waals surface area contributed by atoms with Crippen LogP contribution in [0, 0.1) is 0 Å². The molecule has 0 aliphatic rings. The van der Waals surface area contributed by atoms with E-state index in [4.69, 9.17) is 0 Å². The molecule has 4 nitrogen and oxygen atoms in total. The molecule has 0 heterocycles. The molecule has 0 bridgehead atoms. The van der Waals surface area contributed by atoms with Gasteiger partial charge in [0.1, 0.15) is 0 Å². The van der Waals surface area contributed by atoms with Gasteiger partial charge in [-0.25, -0.2) is 4.79 Å². The summed E-state index contributed by atoms with van der Waals surface area (Å²) < 4.78 is 0. The fourth-order valence-electron chi connectivity index (χ4n) is 1.44. The lowest BCUT2D eigenvalue weighted by Gasteiger charge is -2.21. The monoisotopic (exact) mass is 250 g/mol. The van der Waals surface area contributed by atoms with Crippen molar-refractivity contribution in [1.82, 2.24) is 5.32 Å².